The SMILES string of the molecule is CONC(=O)[C@@H](C)Oc1ccccc1Br. The van der Waals surface area contributed by atoms with Crippen LogP contribution < -0.4 is 10.2 Å². The fourth-order valence-electron chi connectivity index (χ4n) is 0.968. The molecule has 0 bridgehead atoms. The summed E-state index contributed by atoms with van der Waals surface area (Å²) in [7, 11) is 1.38. The van der Waals surface area contributed by atoms with E-state index in [0.29, 0.717) is 5.75 Å². The van der Waals surface area contributed by atoms with Crippen molar-refractivity contribution >= 4 is 21.8 Å². The van der Waals surface area contributed by atoms with Crippen LogP contribution in [0.5, 0.6) is 5.75 Å². The molecule has 5 heteroatoms. The van der Waals surface area contributed by atoms with E-state index >= 15 is 0 Å². The third-order valence-electron chi connectivity index (χ3n) is 1.71. The molecule has 1 rings (SSSR count). The number of ether oxygens (including phenoxy) is 1. The molecule has 0 aliphatic rings. The second-order valence-corrected chi connectivity index (χ2v) is 3.72. The topological polar surface area (TPSA) is 47.6 Å². The lowest BCUT2D eigenvalue weighted by atomic mass is 10.3. The second kappa shape index (κ2) is 5.72. The monoisotopic (exact) mass is 273 g/mol. The van der Waals surface area contributed by atoms with Crippen LogP contribution in [0.3, 0.4) is 0 Å². The number of hydrogen-bond acceptors (Lipinski definition) is 3. The third-order valence-corrected chi connectivity index (χ3v) is 2.37. The number of rotatable bonds is 4. The largest absolute Gasteiger partial charge is 0.480 e. The summed E-state index contributed by atoms with van der Waals surface area (Å²) < 4.78 is 6.23. The molecule has 0 saturated carbocycles. The lowest BCUT2D eigenvalue weighted by molar-refractivity contribution is -0.137. The Balaban J connectivity index is 2.62. The molecule has 0 radical (unpaired) electrons. The van der Waals surface area contributed by atoms with Crippen molar-refractivity contribution in [2.75, 3.05) is 7.11 Å². The lowest BCUT2D eigenvalue weighted by Crippen LogP contribution is -2.35. The molecule has 1 N–H and O–H groups in total. The van der Waals surface area contributed by atoms with Gasteiger partial charge in [0.15, 0.2) is 6.10 Å². The summed E-state index contributed by atoms with van der Waals surface area (Å²) in [5, 5.41) is 0. The van der Waals surface area contributed by atoms with Crippen molar-refractivity contribution in [3.63, 3.8) is 0 Å². The standard InChI is InChI=1S/C10H12BrNO3/c1-7(10(13)12-14-2)15-9-6-4-3-5-8(9)11/h3-7H,1-2H3,(H,12,13)/t7-/m1/s1. The summed E-state index contributed by atoms with van der Waals surface area (Å²) in [5.41, 5.74) is 2.21. The number of benzene rings is 1. The number of hydrogen-bond donors (Lipinski definition) is 1. The van der Waals surface area contributed by atoms with Gasteiger partial charge in [0.2, 0.25) is 0 Å². The fraction of sp³-hybridized carbons (Fsp3) is 0.300. The third kappa shape index (κ3) is 3.53. The van der Waals surface area contributed by atoms with Crippen LogP contribution in [0.25, 0.3) is 0 Å². The number of carbonyl (C=O) groups is 1. The predicted molar refractivity (Wildman–Crippen MR) is 59.4 cm³/mol. The molecule has 0 saturated heterocycles. The molecule has 1 aromatic rings. The Kier molecular flexibility index (Phi) is 4.58. The molecule has 0 fully saturated rings. The number of para-hydroxylation sites is 1. The van der Waals surface area contributed by atoms with Gasteiger partial charge in [0, 0.05) is 0 Å². The number of nitrogens with one attached hydrogen (secondary N) is 1. The van der Waals surface area contributed by atoms with E-state index in [-0.39, 0.29) is 5.91 Å². The fourth-order valence-corrected chi connectivity index (χ4v) is 1.35. The first-order valence-electron chi connectivity index (χ1n) is 4.39. The molecule has 0 aliphatic heterocycles. The molecule has 4 nitrogen and oxygen atoms in total. The number of amides is 1. The van der Waals surface area contributed by atoms with E-state index in [1.165, 1.54) is 7.11 Å². The van der Waals surface area contributed by atoms with Crippen molar-refractivity contribution in [1.29, 1.82) is 0 Å². The van der Waals surface area contributed by atoms with Crippen LogP contribution >= 0.6 is 15.9 Å². The maximum Gasteiger partial charge on any atom is 0.284 e. The van der Waals surface area contributed by atoms with E-state index in [1.54, 1.807) is 13.0 Å². The first-order valence-corrected chi connectivity index (χ1v) is 5.18. The molecule has 0 aliphatic carbocycles. The molecule has 0 heterocycles. The average molecular weight is 274 g/mol. The maximum atomic E-state index is 11.3. The summed E-state index contributed by atoms with van der Waals surface area (Å²) >= 11 is 3.32. The Morgan fingerprint density at radius 2 is 2.13 bits per heavy atom. The van der Waals surface area contributed by atoms with E-state index in [2.05, 4.69) is 26.2 Å². The van der Waals surface area contributed by atoms with Crippen LogP contribution in [0, 0.1) is 0 Å². The highest BCUT2D eigenvalue weighted by Gasteiger charge is 2.15. The van der Waals surface area contributed by atoms with Gasteiger partial charge in [-0.25, -0.2) is 5.48 Å². The molecule has 0 spiro atoms. The zero-order valence-corrected chi connectivity index (χ0v) is 10.1. The van der Waals surface area contributed by atoms with Gasteiger partial charge in [-0.2, -0.15) is 0 Å². The van der Waals surface area contributed by atoms with Crippen molar-refractivity contribution in [1.82, 2.24) is 5.48 Å². The van der Waals surface area contributed by atoms with Crippen LogP contribution in [-0.4, -0.2) is 19.1 Å². The zero-order valence-electron chi connectivity index (χ0n) is 8.49. The lowest BCUT2D eigenvalue weighted by Gasteiger charge is -2.14. The molecule has 1 aromatic carbocycles. The highest BCUT2D eigenvalue weighted by Crippen LogP contribution is 2.24. The zero-order chi connectivity index (χ0) is 11.3. The van der Waals surface area contributed by atoms with Crippen molar-refractivity contribution in [3.05, 3.63) is 28.7 Å². The molecular weight excluding hydrogens is 262 g/mol. The van der Waals surface area contributed by atoms with Crippen molar-refractivity contribution < 1.29 is 14.4 Å². The van der Waals surface area contributed by atoms with Crippen LogP contribution in [0.2, 0.25) is 0 Å². The average Bonchev–Trinajstić information content (AvgIpc) is 2.21. The quantitative estimate of drug-likeness (QED) is 0.853. The summed E-state index contributed by atoms with van der Waals surface area (Å²) in [4.78, 5) is 15.8. The first kappa shape index (κ1) is 12.0. The Hall–Kier alpha value is -1.07. The van der Waals surface area contributed by atoms with Crippen molar-refractivity contribution in [2.24, 2.45) is 0 Å². The van der Waals surface area contributed by atoms with Gasteiger partial charge in [-0.1, -0.05) is 12.1 Å². The summed E-state index contributed by atoms with van der Waals surface area (Å²) in [6, 6.07) is 7.33. The van der Waals surface area contributed by atoms with Gasteiger partial charge < -0.3 is 4.74 Å². The smallest absolute Gasteiger partial charge is 0.284 e. The van der Waals surface area contributed by atoms with Crippen LogP contribution in [0.15, 0.2) is 28.7 Å². The van der Waals surface area contributed by atoms with Gasteiger partial charge in [-0.05, 0) is 35.0 Å². The number of hydroxylamine groups is 1. The predicted octanol–water partition coefficient (Wildman–Crippen LogP) is 1.89. The summed E-state index contributed by atoms with van der Waals surface area (Å²) in [5.74, 6) is 0.296. The normalized spacial score (nSPS) is 11.9. The Bertz CT molecular complexity index is 343. The van der Waals surface area contributed by atoms with Gasteiger partial charge in [-0.3, -0.25) is 9.63 Å². The van der Waals surface area contributed by atoms with Crippen LogP contribution in [-0.2, 0) is 9.63 Å². The second-order valence-electron chi connectivity index (χ2n) is 2.86. The van der Waals surface area contributed by atoms with E-state index in [9.17, 15) is 4.79 Å². The maximum absolute atomic E-state index is 11.3. The van der Waals surface area contributed by atoms with Gasteiger partial charge in [0.25, 0.3) is 5.91 Å². The first-order chi connectivity index (χ1) is 7.15. The van der Waals surface area contributed by atoms with Crippen LogP contribution in [0.1, 0.15) is 6.92 Å². The Labute approximate surface area is 96.7 Å². The van der Waals surface area contributed by atoms with Crippen LogP contribution in [0.4, 0.5) is 0 Å². The molecule has 0 unspecified atom stereocenters. The van der Waals surface area contributed by atoms with Crippen molar-refractivity contribution in [2.45, 2.75) is 13.0 Å². The minimum absolute atomic E-state index is 0.326. The molecule has 82 valence electrons. The van der Waals surface area contributed by atoms with Crippen molar-refractivity contribution in [3.8, 4) is 5.75 Å². The minimum Gasteiger partial charge on any atom is -0.480 e. The summed E-state index contributed by atoms with van der Waals surface area (Å²) in [6.07, 6.45) is -0.608. The van der Waals surface area contributed by atoms with E-state index in [4.69, 9.17) is 4.74 Å². The highest BCUT2D eigenvalue weighted by molar-refractivity contribution is 9.10. The van der Waals surface area contributed by atoms with E-state index in [0.717, 1.165) is 4.47 Å². The van der Waals surface area contributed by atoms with E-state index < -0.39 is 6.10 Å². The molecular formula is C10H12BrNO3. The molecule has 1 amide bonds. The highest BCUT2D eigenvalue weighted by atomic mass is 79.9. The number of halogens is 1. The molecule has 0 aromatic heterocycles. The van der Waals surface area contributed by atoms with Gasteiger partial charge in [0.1, 0.15) is 5.75 Å². The molecule has 15 heavy (non-hydrogen) atoms. The number of carbonyl (C=O) groups excluding carboxylic acids is 1. The molecule has 1 atom stereocenters. The van der Waals surface area contributed by atoms with E-state index in [1.807, 2.05) is 18.2 Å². The van der Waals surface area contributed by atoms with Gasteiger partial charge in [-0.15, -0.1) is 0 Å². The summed E-state index contributed by atoms with van der Waals surface area (Å²) in [6.45, 7) is 1.65. The Morgan fingerprint density at radius 3 is 2.73 bits per heavy atom. The van der Waals surface area contributed by atoms with Gasteiger partial charge >= 0.3 is 0 Å². The minimum atomic E-state index is -0.608. The van der Waals surface area contributed by atoms with Gasteiger partial charge in [0.05, 0.1) is 11.6 Å². The Morgan fingerprint density at radius 1 is 1.47 bits per heavy atom.